The molecule has 5 nitrogen and oxygen atoms in total. The molecule has 1 heterocycles. The molecule has 3 rings (SSSR count). The van der Waals surface area contributed by atoms with E-state index in [4.69, 9.17) is 4.74 Å². The van der Waals surface area contributed by atoms with Gasteiger partial charge in [-0.05, 0) is 49.1 Å². The van der Waals surface area contributed by atoms with Crippen LogP contribution in [-0.4, -0.2) is 32.8 Å². The van der Waals surface area contributed by atoms with Gasteiger partial charge in [0.25, 0.3) is 0 Å². The van der Waals surface area contributed by atoms with Crippen LogP contribution in [0.2, 0.25) is 0 Å². The lowest BCUT2D eigenvalue weighted by molar-refractivity contribution is 0.236. The second kappa shape index (κ2) is 8.91. The number of amides is 2. The average Bonchev–Trinajstić information content (AvgIpc) is 3.17. The van der Waals surface area contributed by atoms with E-state index in [9.17, 15) is 13.6 Å². The van der Waals surface area contributed by atoms with Gasteiger partial charge < -0.3 is 20.3 Å². The van der Waals surface area contributed by atoms with Crippen LogP contribution in [0.1, 0.15) is 24.9 Å². The number of ether oxygens (including phenoxy) is 1. The maximum absolute atomic E-state index is 13.3. The third-order valence-electron chi connectivity index (χ3n) is 5.05. The van der Waals surface area contributed by atoms with Crippen molar-refractivity contribution >= 4 is 11.7 Å². The first-order chi connectivity index (χ1) is 13.5. The Morgan fingerprint density at radius 1 is 1.25 bits per heavy atom. The molecule has 0 aliphatic carbocycles. The standard InChI is InChI=1S/C21H25F2N3O2/c1-14(16-7-8-17(22)18(23)11-16)25-21(27)24-12-15-9-10-26(13-15)19-5-3-4-6-20(19)28-2/h3-8,11,14-15H,9-10,12-13H2,1-2H3,(H2,24,25,27). The summed E-state index contributed by atoms with van der Waals surface area (Å²) in [6.07, 6.45) is 0.969. The fourth-order valence-electron chi connectivity index (χ4n) is 3.46. The molecule has 1 saturated heterocycles. The number of anilines is 1. The Morgan fingerprint density at radius 2 is 2.04 bits per heavy atom. The number of carbonyl (C=O) groups is 1. The van der Waals surface area contributed by atoms with Crippen molar-refractivity contribution in [2.75, 3.05) is 31.6 Å². The molecule has 1 aliphatic rings. The number of methoxy groups -OCH3 is 1. The van der Waals surface area contributed by atoms with Gasteiger partial charge in [0.05, 0.1) is 18.8 Å². The molecule has 0 spiro atoms. The van der Waals surface area contributed by atoms with Crippen LogP contribution < -0.4 is 20.3 Å². The van der Waals surface area contributed by atoms with Gasteiger partial charge in [-0.25, -0.2) is 13.6 Å². The highest BCUT2D eigenvalue weighted by atomic mass is 19.2. The van der Waals surface area contributed by atoms with E-state index in [1.54, 1.807) is 14.0 Å². The number of para-hydroxylation sites is 2. The number of nitrogens with zero attached hydrogens (tertiary/aromatic N) is 1. The van der Waals surface area contributed by atoms with Crippen molar-refractivity contribution in [1.82, 2.24) is 10.6 Å². The van der Waals surface area contributed by atoms with Crippen molar-refractivity contribution in [3.8, 4) is 5.75 Å². The minimum atomic E-state index is -0.922. The molecule has 1 fully saturated rings. The van der Waals surface area contributed by atoms with Crippen LogP contribution in [0.5, 0.6) is 5.75 Å². The van der Waals surface area contributed by atoms with Gasteiger partial charge in [-0.15, -0.1) is 0 Å². The van der Waals surface area contributed by atoms with Gasteiger partial charge in [-0.1, -0.05) is 18.2 Å². The first kappa shape index (κ1) is 19.9. The van der Waals surface area contributed by atoms with E-state index in [0.717, 1.165) is 43.1 Å². The number of carbonyl (C=O) groups excluding carboxylic acids is 1. The molecule has 0 bridgehead atoms. The molecule has 0 saturated carbocycles. The lowest BCUT2D eigenvalue weighted by Gasteiger charge is -2.21. The van der Waals surface area contributed by atoms with E-state index in [1.807, 2.05) is 24.3 Å². The molecule has 2 atom stereocenters. The third-order valence-corrected chi connectivity index (χ3v) is 5.05. The van der Waals surface area contributed by atoms with Gasteiger partial charge in [-0.3, -0.25) is 0 Å². The van der Waals surface area contributed by atoms with Gasteiger partial charge >= 0.3 is 6.03 Å². The monoisotopic (exact) mass is 389 g/mol. The second-order valence-corrected chi connectivity index (χ2v) is 7.02. The highest BCUT2D eigenvalue weighted by molar-refractivity contribution is 5.74. The van der Waals surface area contributed by atoms with Crippen molar-refractivity contribution in [3.63, 3.8) is 0 Å². The molecule has 0 aromatic heterocycles. The van der Waals surface area contributed by atoms with Crippen LogP contribution in [0.25, 0.3) is 0 Å². The van der Waals surface area contributed by atoms with E-state index >= 15 is 0 Å². The highest BCUT2D eigenvalue weighted by Gasteiger charge is 2.25. The van der Waals surface area contributed by atoms with Gasteiger partial charge in [0.2, 0.25) is 0 Å². The first-order valence-electron chi connectivity index (χ1n) is 9.35. The Hall–Kier alpha value is -2.83. The van der Waals surface area contributed by atoms with Gasteiger partial charge in [0, 0.05) is 19.6 Å². The summed E-state index contributed by atoms with van der Waals surface area (Å²) in [6.45, 7) is 4.01. The highest BCUT2D eigenvalue weighted by Crippen LogP contribution is 2.31. The number of hydrogen-bond acceptors (Lipinski definition) is 3. The first-order valence-corrected chi connectivity index (χ1v) is 9.35. The molecule has 2 aromatic rings. The van der Waals surface area contributed by atoms with Crippen LogP contribution in [0.4, 0.5) is 19.3 Å². The van der Waals surface area contributed by atoms with Crippen LogP contribution >= 0.6 is 0 Å². The number of rotatable bonds is 6. The number of benzene rings is 2. The third kappa shape index (κ3) is 4.71. The van der Waals surface area contributed by atoms with Crippen LogP contribution in [0.3, 0.4) is 0 Å². The van der Waals surface area contributed by atoms with Crippen molar-refractivity contribution in [2.24, 2.45) is 5.92 Å². The molecule has 0 radical (unpaired) electrons. The summed E-state index contributed by atoms with van der Waals surface area (Å²) in [6, 6.07) is 10.8. The molecule has 2 N–H and O–H groups in total. The van der Waals surface area contributed by atoms with Crippen LogP contribution in [0.15, 0.2) is 42.5 Å². The van der Waals surface area contributed by atoms with E-state index in [1.165, 1.54) is 6.07 Å². The average molecular weight is 389 g/mol. The largest absolute Gasteiger partial charge is 0.495 e. The van der Waals surface area contributed by atoms with E-state index < -0.39 is 17.7 Å². The predicted octanol–water partition coefficient (Wildman–Crippen LogP) is 3.86. The molecule has 28 heavy (non-hydrogen) atoms. The quantitative estimate of drug-likeness (QED) is 0.789. The molecule has 150 valence electrons. The lowest BCUT2D eigenvalue weighted by Crippen LogP contribution is -2.40. The molecule has 2 aromatic carbocycles. The van der Waals surface area contributed by atoms with Crippen molar-refractivity contribution in [3.05, 3.63) is 59.7 Å². The fraction of sp³-hybridized carbons (Fsp3) is 0.381. The van der Waals surface area contributed by atoms with Crippen molar-refractivity contribution in [1.29, 1.82) is 0 Å². The fourth-order valence-corrected chi connectivity index (χ4v) is 3.46. The molecular weight excluding hydrogens is 364 g/mol. The van der Waals surface area contributed by atoms with E-state index in [0.29, 0.717) is 18.0 Å². The number of halogens is 2. The van der Waals surface area contributed by atoms with Crippen molar-refractivity contribution < 1.29 is 18.3 Å². The zero-order valence-corrected chi connectivity index (χ0v) is 16.0. The Labute approximate surface area is 163 Å². The summed E-state index contributed by atoms with van der Waals surface area (Å²) in [5, 5.41) is 5.63. The second-order valence-electron chi connectivity index (χ2n) is 7.02. The maximum Gasteiger partial charge on any atom is 0.315 e. The topological polar surface area (TPSA) is 53.6 Å². The molecule has 2 unspecified atom stereocenters. The molecular formula is C21H25F2N3O2. The Balaban J connectivity index is 1.48. The van der Waals surface area contributed by atoms with Gasteiger partial charge in [-0.2, -0.15) is 0 Å². The SMILES string of the molecule is COc1ccccc1N1CCC(CNC(=O)NC(C)c2ccc(F)c(F)c2)C1. The van der Waals surface area contributed by atoms with E-state index in [-0.39, 0.29) is 6.03 Å². The smallest absolute Gasteiger partial charge is 0.315 e. The number of hydrogen-bond donors (Lipinski definition) is 2. The van der Waals surface area contributed by atoms with Gasteiger partial charge in [0.1, 0.15) is 5.75 Å². The van der Waals surface area contributed by atoms with Crippen LogP contribution in [0, 0.1) is 17.6 Å². The number of urea groups is 1. The maximum atomic E-state index is 13.3. The van der Waals surface area contributed by atoms with Gasteiger partial charge in [0.15, 0.2) is 11.6 Å². The summed E-state index contributed by atoms with van der Waals surface area (Å²) in [4.78, 5) is 14.4. The summed E-state index contributed by atoms with van der Waals surface area (Å²) in [5.74, 6) is -0.654. The molecule has 7 heteroatoms. The summed E-state index contributed by atoms with van der Waals surface area (Å²) < 4.78 is 31.8. The minimum Gasteiger partial charge on any atom is -0.495 e. The zero-order valence-electron chi connectivity index (χ0n) is 16.0. The molecule has 2 amide bonds. The van der Waals surface area contributed by atoms with E-state index in [2.05, 4.69) is 15.5 Å². The van der Waals surface area contributed by atoms with Crippen LogP contribution in [-0.2, 0) is 0 Å². The predicted molar refractivity (Wildman–Crippen MR) is 105 cm³/mol. The summed E-state index contributed by atoms with van der Waals surface area (Å²) in [5.41, 5.74) is 1.57. The number of nitrogens with one attached hydrogen (secondary N) is 2. The Bertz CT molecular complexity index is 831. The Kier molecular flexibility index (Phi) is 6.34. The summed E-state index contributed by atoms with van der Waals surface area (Å²) in [7, 11) is 1.66. The lowest BCUT2D eigenvalue weighted by atomic mass is 10.1. The normalized spacial score (nSPS) is 17.3. The molecule has 1 aliphatic heterocycles. The van der Waals surface area contributed by atoms with Crippen molar-refractivity contribution in [2.45, 2.75) is 19.4 Å². The minimum absolute atomic E-state index is 0.326. The zero-order chi connectivity index (χ0) is 20.1. The Morgan fingerprint density at radius 3 is 2.79 bits per heavy atom. The summed E-state index contributed by atoms with van der Waals surface area (Å²) >= 11 is 0.